The number of benzene rings is 1. The second-order valence-corrected chi connectivity index (χ2v) is 11.9. The molecule has 1 saturated heterocycles. The zero-order valence-electron chi connectivity index (χ0n) is 22.2. The minimum Gasteiger partial charge on any atom is -0.475 e. The first kappa shape index (κ1) is 31.0. The van der Waals surface area contributed by atoms with Gasteiger partial charge in [0.15, 0.2) is 21.5 Å². The molecule has 40 heavy (non-hydrogen) atoms. The molecule has 0 unspecified atom stereocenters. The van der Waals surface area contributed by atoms with Crippen LogP contribution in [0.3, 0.4) is 0 Å². The number of piperidine rings is 1. The highest BCUT2D eigenvalue weighted by Crippen LogP contribution is 2.32. The van der Waals surface area contributed by atoms with Crippen LogP contribution in [-0.4, -0.2) is 77.4 Å². The number of anilines is 2. The van der Waals surface area contributed by atoms with E-state index < -0.39 is 33.1 Å². The van der Waals surface area contributed by atoms with Gasteiger partial charge in [-0.3, -0.25) is 4.79 Å². The first-order valence-corrected chi connectivity index (χ1v) is 14.1. The number of halogens is 4. The number of nitrogens with zero attached hydrogens (tertiary/aromatic N) is 4. The zero-order valence-corrected chi connectivity index (χ0v) is 23.0. The number of hydrogen-bond acceptors (Lipinski definition) is 8. The van der Waals surface area contributed by atoms with Crippen LogP contribution in [0, 0.1) is 5.82 Å². The quantitative estimate of drug-likeness (QED) is 0.504. The van der Waals surface area contributed by atoms with Crippen LogP contribution in [0.25, 0.3) is 0 Å². The zero-order chi connectivity index (χ0) is 29.8. The number of nitrogens with one attached hydrogen (secondary N) is 1. The van der Waals surface area contributed by atoms with Gasteiger partial charge in [0.05, 0.1) is 23.2 Å². The monoisotopic (exact) mass is 589 g/mol. The molecule has 3 heterocycles. The Hall–Kier alpha value is -3.49. The van der Waals surface area contributed by atoms with Gasteiger partial charge in [0.25, 0.3) is 0 Å². The van der Waals surface area contributed by atoms with E-state index in [1.165, 1.54) is 18.2 Å². The molecule has 0 aliphatic carbocycles. The van der Waals surface area contributed by atoms with E-state index in [0.717, 1.165) is 11.4 Å². The SMILES string of the molecule is CC(=O)N1CCc2nc(NC(C)C)c(N3CCC(S(=O)(=O)c4ccccc4F)CC3)nc2C1.O=C(O)C(F)(F)F. The molecule has 2 aliphatic heterocycles. The Morgan fingerprint density at radius 1 is 1.07 bits per heavy atom. The van der Waals surface area contributed by atoms with Crippen LogP contribution in [0.4, 0.5) is 29.2 Å². The third kappa shape index (κ3) is 7.37. The maximum absolute atomic E-state index is 14.2. The molecule has 0 atom stereocenters. The topological polar surface area (TPSA) is 133 Å². The Morgan fingerprint density at radius 3 is 2.20 bits per heavy atom. The Balaban J connectivity index is 0.000000559. The highest BCUT2D eigenvalue weighted by atomic mass is 32.2. The van der Waals surface area contributed by atoms with Crippen molar-refractivity contribution in [2.45, 2.75) is 68.9 Å². The number of carbonyl (C=O) groups is 2. The Bertz CT molecular complexity index is 1350. The maximum atomic E-state index is 14.2. The first-order valence-electron chi connectivity index (χ1n) is 12.6. The lowest BCUT2D eigenvalue weighted by Crippen LogP contribution is -2.41. The second kappa shape index (κ2) is 12.4. The van der Waals surface area contributed by atoms with Crippen LogP contribution >= 0.6 is 0 Å². The van der Waals surface area contributed by atoms with Gasteiger partial charge in [-0.1, -0.05) is 12.1 Å². The molecule has 1 aromatic carbocycles. The molecule has 2 aromatic rings. The average Bonchev–Trinajstić information content (AvgIpc) is 2.87. The molecular formula is C25H31F4N5O5S. The van der Waals surface area contributed by atoms with Gasteiger partial charge in [0.1, 0.15) is 10.7 Å². The number of aliphatic carboxylic acids is 1. The van der Waals surface area contributed by atoms with E-state index in [1.807, 2.05) is 18.7 Å². The average molecular weight is 590 g/mol. The van der Waals surface area contributed by atoms with Crippen molar-refractivity contribution in [1.29, 1.82) is 0 Å². The number of carbonyl (C=O) groups excluding carboxylic acids is 1. The van der Waals surface area contributed by atoms with E-state index in [9.17, 15) is 30.8 Å². The summed E-state index contributed by atoms with van der Waals surface area (Å²) in [6.07, 6.45) is -3.69. The predicted molar refractivity (Wildman–Crippen MR) is 138 cm³/mol. The summed E-state index contributed by atoms with van der Waals surface area (Å²) in [7, 11) is -3.76. The number of carboxylic acids is 1. The van der Waals surface area contributed by atoms with Crippen LogP contribution in [0.2, 0.25) is 0 Å². The normalized spacial score (nSPS) is 16.2. The van der Waals surface area contributed by atoms with Crippen molar-refractivity contribution in [1.82, 2.24) is 14.9 Å². The fraction of sp³-hybridized carbons (Fsp3) is 0.520. The number of sulfone groups is 1. The molecule has 15 heteroatoms. The van der Waals surface area contributed by atoms with Gasteiger partial charge in [-0.25, -0.2) is 27.6 Å². The number of carboxylic acid groups (broad SMARTS) is 1. The van der Waals surface area contributed by atoms with Crippen LogP contribution in [0.1, 0.15) is 45.0 Å². The number of amides is 1. The van der Waals surface area contributed by atoms with Crippen molar-refractivity contribution in [2.75, 3.05) is 29.9 Å². The lowest BCUT2D eigenvalue weighted by Gasteiger charge is -2.35. The number of fused-ring (bicyclic) bond motifs is 1. The Labute approximate surface area is 229 Å². The van der Waals surface area contributed by atoms with Crippen molar-refractivity contribution in [2.24, 2.45) is 0 Å². The van der Waals surface area contributed by atoms with E-state index in [2.05, 4.69) is 5.32 Å². The molecule has 0 radical (unpaired) electrons. The highest BCUT2D eigenvalue weighted by Gasteiger charge is 2.38. The minimum atomic E-state index is -5.08. The fourth-order valence-corrected chi connectivity index (χ4v) is 6.21. The van der Waals surface area contributed by atoms with E-state index in [4.69, 9.17) is 19.9 Å². The number of rotatable bonds is 5. The summed E-state index contributed by atoms with van der Waals surface area (Å²) in [6.45, 7) is 7.57. The van der Waals surface area contributed by atoms with Crippen LogP contribution < -0.4 is 10.2 Å². The summed E-state index contributed by atoms with van der Waals surface area (Å²) in [6, 6.07) is 5.69. The second-order valence-electron chi connectivity index (χ2n) is 9.74. The number of hydrogen-bond donors (Lipinski definition) is 2. The van der Waals surface area contributed by atoms with Gasteiger partial charge in [-0.15, -0.1) is 0 Å². The first-order chi connectivity index (χ1) is 18.6. The maximum Gasteiger partial charge on any atom is 0.490 e. The molecular weight excluding hydrogens is 558 g/mol. The number of alkyl halides is 3. The molecule has 10 nitrogen and oxygen atoms in total. The molecule has 4 rings (SSSR count). The van der Waals surface area contributed by atoms with E-state index in [1.54, 1.807) is 17.9 Å². The molecule has 1 fully saturated rings. The molecule has 1 aromatic heterocycles. The minimum absolute atomic E-state index is 0.00699. The summed E-state index contributed by atoms with van der Waals surface area (Å²) in [5.41, 5.74) is 1.67. The summed E-state index contributed by atoms with van der Waals surface area (Å²) < 4.78 is 71.9. The third-order valence-electron chi connectivity index (χ3n) is 6.43. The molecule has 2 N–H and O–H groups in total. The fourth-order valence-electron chi connectivity index (χ4n) is 4.41. The van der Waals surface area contributed by atoms with Crippen molar-refractivity contribution in [3.8, 4) is 0 Å². The van der Waals surface area contributed by atoms with Crippen molar-refractivity contribution >= 4 is 33.3 Å². The lowest BCUT2D eigenvalue weighted by molar-refractivity contribution is -0.192. The standard InChI is InChI=1S/C23H30FN5O3S.C2HF3O2/c1-15(2)25-22-23(27-20-14-29(16(3)30)13-10-19(20)26-22)28-11-8-17(9-12-28)33(31,32)21-7-5-4-6-18(21)24;3-2(4,5)1(6)7/h4-7,15,17H,8-14H2,1-3H3,(H,25,26);(H,6,7). The Kier molecular flexibility index (Phi) is 9.59. The molecule has 1 amide bonds. The third-order valence-corrected chi connectivity index (χ3v) is 8.72. The lowest BCUT2D eigenvalue weighted by atomic mass is 10.1. The van der Waals surface area contributed by atoms with Gasteiger partial charge in [0, 0.05) is 39.0 Å². The largest absolute Gasteiger partial charge is 0.490 e. The molecule has 0 saturated carbocycles. The van der Waals surface area contributed by atoms with Crippen molar-refractivity contribution < 1.29 is 40.7 Å². The van der Waals surface area contributed by atoms with Gasteiger partial charge in [0.2, 0.25) is 5.91 Å². The van der Waals surface area contributed by atoms with E-state index in [-0.39, 0.29) is 16.8 Å². The van der Waals surface area contributed by atoms with Gasteiger partial charge in [-0.2, -0.15) is 13.2 Å². The van der Waals surface area contributed by atoms with Gasteiger partial charge >= 0.3 is 12.1 Å². The van der Waals surface area contributed by atoms with Crippen LogP contribution in [0.5, 0.6) is 0 Å². The summed E-state index contributed by atoms with van der Waals surface area (Å²) in [5, 5.41) is 9.84. The smallest absolute Gasteiger partial charge is 0.475 e. The van der Waals surface area contributed by atoms with Crippen LogP contribution in [0.15, 0.2) is 29.2 Å². The summed E-state index contributed by atoms with van der Waals surface area (Å²) in [5.74, 6) is -2.11. The molecule has 0 spiro atoms. The van der Waals surface area contributed by atoms with Crippen molar-refractivity contribution in [3.63, 3.8) is 0 Å². The van der Waals surface area contributed by atoms with Crippen molar-refractivity contribution in [3.05, 3.63) is 41.5 Å². The van der Waals surface area contributed by atoms with E-state index >= 15 is 0 Å². The summed E-state index contributed by atoms with van der Waals surface area (Å²) in [4.78, 5) is 34.0. The van der Waals surface area contributed by atoms with Gasteiger partial charge < -0.3 is 20.2 Å². The molecule has 220 valence electrons. The molecule has 2 aliphatic rings. The highest BCUT2D eigenvalue weighted by molar-refractivity contribution is 7.92. The summed E-state index contributed by atoms with van der Waals surface area (Å²) >= 11 is 0. The van der Waals surface area contributed by atoms with E-state index in [0.29, 0.717) is 57.1 Å². The van der Waals surface area contributed by atoms with Crippen LogP contribution in [-0.2, 0) is 32.4 Å². The number of aromatic nitrogens is 2. The van der Waals surface area contributed by atoms with Gasteiger partial charge in [-0.05, 0) is 38.8 Å². The Morgan fingerprint density at radius 2 is 1.68 bits per heavy atom. The predicted octanol–water partition coefficient (Wildman–Crippen LogP) is 3.42. The molecule has 0 bridgehead atoms.